The minimum absolute atomic E-state index is 0.145. The fourth-order valence-corrected chi connectivity index (χ4v) is 2.49. The van der Waals surface area contributed by atoms with E-state index in [0.29, 0.717) is 27.8 Å². The number of carbonyl (C=O) groups excluding carboxylic acids is 1. The molecule has 110 valence electrons. The van der Waals surface area contributed by atoms with Crippen LogP contribution in [0.15, 0.2) is 46.9 Å². The molecule has 0 aliphatic carbocycles. The highest BCUT2D eigenvalue weighted by atomic mass is 35.5. The molecule has 22 heavy (non-hydrogen) atoms. The Labute approximate surface area is 130 Å². The first-order chi connectivity index (χ1) is 10.7. The summed E-state index contributed by atoms with van der Waals surface area (Å²) in [6.45, 7) is 0.145. The fraction of sp³-hybridized carbons (Fsp3) is 0.0625. The number of nitrogens with one attached hydrogen (secondary N) is 1. The van der Waals surface area contributed by atoms with Gasteiger partial charge in [-0.25, -0.2) is 0 Å². The maximum Gasteiger partial charge on any atom is 0.291 e. The molecule has 1 N–H and O–H groups in total. The molecule has 3 aromatic rings. The Morgan fingerprint density at radius 3 is 2.68 bits per heavy atom. The molecule has 2 heterocycles. The van der Waals surface area contributed by atoms with E-state index in [4.69, 9.17) is 25.5 Å². The van der Waals surface area contributed by atoms with Crippen molar-refractivity contribution >= 4 is 34.2 Å². The Bertz CT molecular complexity index is 854. The smallest absolute Gasteiger partial charge is 0.291 e. The van der Waals surface area contributed by atoms with Crippen molar-refractivity contribution in [2.75, 3.05) is 12.1 Å². The van der Waals surface area contributed by atoms with Crippen molar-refractivity contribution in [1.82, 2.24) is 0 Å². The van der Waals surface area contributed by atoms with Crippen LogP contribution in [0.5, 0.6) is 11.5 Å². The Morgan fingerprint density at radius 1 is 1.09 bits per heavy atom. The predicted molar refractivity (Wildman–Crippen MR) is 81.7 cm³/mol. The van der Waals surface area contributed by atoms with Crippen LogP contribution in [0.2, 0.25) is 5.02 Å². The quantitative estimate of drug-likeness (QED) is 0.774. The summed E-state index contributed by atoms with van der Waals surface area (Å²) in [5, 5.41) is 3.95. The van der Waals surface area contributed by atoms with Crippen molar-refractivity contribution in [1.29, 1.82) is 0 Å². The molecule has 0 spiro atoms. The van der Waals surface area contributed by atoms with Crippen molar-refractivity contribution in [2.24, 2.45) is 0 Å². The molecule has 6 heteroatoms. The second-order valence-corrected chi connectivity index (χ2v) is 5.20. The molecule has 0 atom stereocenters. The fourth-order valence-electron chi connectivity index (χ4n) is 2.29. The SMILES string of the molecule is O=C(Nc1cc2c(cc1Cl)OCO2)c1cc2ccccc2o1. The first-order valence-electron chi connectivity index (χ1n) is 6.60. The summed E-state index contributed by atoms with van der Waals surface area (Å²) in [7, 11) is 0. The Hall–Kier alpha value is -2.66. The summed E-state index contributed by atoms with van der Waals surface area (Å²) >= 11 is 6.14. The number of hydrogen-bond donors (Lipinski definition) is 1. The molecule has 2 aromatic carbocycles. The zero-order chi connectivity index (χ0) is 15.1. The lowest BCUT2D eigenvalue weighted by Gasteiger charge is -2.07. The molecule has 0 saturated carbocycles. The van der Waals surface area contributed by atoms with Crippen molar-refractivity contribution in [2.45, 2.75) is 0 Å². The molecule has 5 nitrogen and oxygen atoms in total. The van der Waals surface area contributed by atoms with Crippen molar-refractivity contribution in [3.05, 3.63) is 53.2 Å². The average molecular weight is 316 g/mol. The zero-order valence-electron chi connectivity index (χ0n) is 11.3. The maximum atomic E-state index is 12.3. The Kier molecular flexibility index (Phi) is 2.94. The molecular weight excluding hydrogens is 306 g/mol. The lowest BCUT2D eigenvalue weighted by Crippen LogP contribution is -2.11. The number of para-hydroxylation sites is 1. The van der Waals surface area contributed by atoms with E-state index >= 15 is 0 Å². The summed E-state index contributed by atoms with van der Waals surface area (Å²) in [6, 6.07) is 12.3. The van der Waals surface area contributed by atoms with Gasteiger partial charge in [-0.2, -0.15) is 0 Å². The molecule has 4 rings (SSSR count). The van der Waals surface area contributed by atoms with Gasteiger partial charge in [-0.3, -0.25) is 4.79 Å². The van der Waals surface area contributed by atoms with Crippen LogP contribution in [0, 0.1) is 0 Å². The highest BCUT2D eigenvalue weighted by Gasteiger charge is 2.19. The standard InChI is InChI=1S/C16H10ClNO4/c17-10-6-13-14(21-8-20-13)7-11(10)18-16(19)15-5-9-3-1-2-4-12(9)22-15/h1-7H,8H2,(H,18,19). The van der Waals surface area contributed by atoms with E-state index in [-0.39, 0.29) is 18.5 Å². The van der Waals surface area contributed by atoms with Crippen molar-refractivity contribution < 1.29 is 18.7 Å². The van der Waals surface area contributed by atoms with Gasteiger partial charge in [0.15, 0.2) is 17.3 Å². The van der Waals surface area contributed by atoms with E-state index < -0.39 is 0 Å². The number of furan rings is 1. The molecule has 0 unspecified atom stereocenters. The van der Waals surface area contributed by atoms with Gasteiger partial charge in [-0.15, -0.1) is 0 Å². The average Bonchev–Trinajstić information content (AvgIpc) is 3.13. The third kappa shape index (κ3) is 2.16. The van der Waals surface area contributed by atoms with Gasteiger partial charge in [0.1, 0.15) is 5.58 Å². The van der Waals surface area contributed by atoms with Crippen LogP contribution in [0.3, 0.4) is 0 Å². The van der Waals surface area contributed by atoms with Crippen LogP contribution >= 0.6 is 11.6 Å². The normalized spacial score (nSPS) is 12.6. The summed E-state index contributed by atoms with van der Waals surface area (Å²) in [5.41, 5.74) is 1.10. The number of amides is 1. The predicted octanol–water partition coefficient (Wildman–Crippen LogP) is 4.07. The number of benzene rings is 2. The van der Waals surface area contributed by atoms with Gasteiger partial charge >= 0.3 is 0 Å². The van der Waals surface area contributed by atoms with Crippen molar-refractivity contribution in [3.8, 4) is 11.5 Å². The highest BCUT2D eigenvalue weighted by Crippen LogP contribution is 2.39. The monoisotopic (exact) mass is 315 g/mol. The van der Waals surface area contributed by atoms with Crippen LogP contribution in [-0.4, -0.2) is 12.7 Å². The third-order valence-corrected chi connectivity index (χ3v) is 3.67. The molecule has 0 saturated heterocycles. The zero-order valence-corrected chi connectivity index (χ0v) is 12.0. The third-order valence-electron chi connectivity index (χ3n) is 3.36. The largest absolute Gasteiger partial charge is 0.454 e. The number of rotatable bonds is 2. The molecular formula is C16H10ClNO4. The van der Waals surface area contributed by atoms with E-state index in [1.165, 1.54) is 0 Å². The number of anilines is 1. The number of ether oxygens (including phenoxy) is 2. The van der Waals surface area contributed by atoms with Gasteiger partial charge in [-0.05, 0) is 12.1 Å². The van der Waals surface area contributed by atoms with Gasteiger partial charge < -0.3 is 19.2 Å². The summed E-state index contributed by atoms with van der Waals surface area (Å²) in [6.07, 6.45) is 0. The summed E-state index contributed by atoms with van der Waals surface area (Å²) < 4.78 is 16.0. The highest BCUT2D eigenvalue weighted by molar-refractivity contribution is 6.34. The number of halogens is 1. The minimum Gasteiger partial charge on any atom is -0.454 e. The van der Waals surface area contributed by atoms with E-state index in [2.05, 4.69) is 5.32 Å². The van der Waals surface area contributed by atoms with E-state index in [0.717, 1.165) is 5.39 Å². The number of hydrogen-bond acceptors (Lipinski definition) is 4. The molecule has 0 bridgehead atoms. The van der Waals surface area contributed by atoms with Crippen LogP contribution in [0.25, 0.3) is 11.0 Å². The van der Waals surface area contributed by atoms with Crippen molar-refractivity contribution in [3.63, 3.8) is 0 Å². The number of fused-ring (bicyclic) bond motifs is 2. The van der Waals surface area contributed by atoms with E-state index in [1.807, 2.05) is 18.2 Å². The lowest BCUT2D eigenvalue weighted by molar-refractivity contribution is 0.0998. The topological polar surface area (TPSA) is 60.7 Å². The van der Waals surface area contributed by atoms with Gasteiger partial charge in [0, 0.05) is 17.5 Å². The molecule has 0 fully saturated rings. The van der Waals surface area contributed by atoms with Gasteiger partial charge in [-0.1, -0.05) is 29.8 Å². The number of carbonyl (C=O) groups is 1. The van der Waals surface area contributed by atoms with E-state index in [1.54, 1.807) is 24.3 Å². The maximum absolute atomic E-state index is 12.3. The minimum atomic E-state index is -0.378. The first-order valence-corrected chi connectivity index (χ1v) is 6.97. The Balaban J connectivity index is 1.64. The molecule has 0 radical (unpaired) electrons. The molecule has 1 aliphatic rings. The van der Waals surface area contributed by atoms with E-state index in [9.17, 15) is 4.79 Å². The van der Waals surface area contributed by atoms with Gasteiger partial charge in [0.25, 0.3) is 5.91 Å². The van der Waals surface area contributed by atoms with Gasteiger partial charge in [0.05, 0.1) is 10.7 Å². The summed E-state index contributed by atoms with van der Waals surface area (Å²) in [4.78, 5) is 12.3. The second kappa shape index (κ2) is 4.96. The Morgan fingerprint density at radius 2 is 1.86 bits per heavy atom. The molecule has 1 amide bonds. The molecule has 1 aromatic heterocycles. The summed E-state index contributed by atoms with van der Waals surface area (Å²) in [5.74, 6) is 0.947. The van der Waals surface area contributed by atoms with Crippen LogP contribution in [-0.2, 0) is 0 Å². The molecule has 1 aliphatic heterocycles. The first kappa shape index (κ1) is 13.0. The second-order valence-electron chi connectivity index (χ2n) is 4.79. The van der Waals surface area contributed by atoms with Crippen LogP contribution in [0.4, 0.5) is 5.69 Å². The van der Waals surface area contributed by atoms with Gasteiger partial charge in [0.2, 0.25) is 6.79 Å². The lowest BCUT2D eigenvalue weighted by atomic mass is 10.2. The van der Waals surface area contributed by atoms with Crippen LogP contribution < -0.4 is 14.8 Å². The van der Waals surface area contributed by atoms with Crippen LogP contribution in [0.1, 0.15) is 10.6 Å².